The van der Waals surface area contributed by atoms with Crippen molar-refractivity contribution in [1.29, 1.82) is 0 Å². The summed E-state index contributed by atoms with van der Waals surface area (Å²) in [6, 6.07) is 17.5. The lowest BCUT2D eigenvalue weighted by atomic mass is 10.1. The van der Waals surface area contributed by atoms with E-state index in [1.54, 1.807) is 0 Å². The van der Waals surface area contributed by atoms with Crippen molar-refractivity contribution in [2.75, 3.05) is 0 Å². The lowest BCUT2D eigenvalue weighted by molar-refractivity contribution is 0.482. The van der Waals surface area contributed by atoms with Crippen LogP contribution >= 0.6 is 0 Å². The van der Waals surface area contributed by atoms with E-state index in [4.69, 9.17) is 11.2 Å². The van der Waals surface area contributed by atoms with Crippen LogP contribution in [0.3, 0.4) is 0 Å². The van der Waals surface area contributed by atoms with Gasteiger partial charge in [0.25, 0.3) is 0 Å². The van der Waals surface area contributed by atoms with Gasteiger partial charge in [0.1, 0.15) is 11.5 Å². The third-order valence-electron chi connectivity index (χ3n) is 2.18. The van der Waals surface area contributed by atoms with Gasteiger partial charge in [-0.3, -0.25) is 0 Å². The van der Waals surface area contributed by atoms with Crippen LogP contribution in [-0.2, 0) is 6.42 Å². The quantitative estimate of drug-likeness (QED) is 0.699. The fraction of sp³-hybridized carbons (Fsp3) is 0.0667. The Morgan fingerprint density at radius 2 is 1.69 bits per heavy atom. The normalized spacial score (nSPS) is 9.44. The van der Waals surface area contributed by atoms with Crippen molar-refractivity contribution in [3.8, 4) is 23.8 Å². The Morgan fingerprint density at radius 1 is 0.938 bits per heavy atom. The van der Waals surface area contributed by atoms with Gasteiger partial charge in [-0.1, -0.05) is 30.3 Å². The monoisotopic (exact) mass is 208 g/mol. The lowest BCUT2D eigenvalue weighted by Gasteiger charge is -2.06. The molecule has 0 heterocycles. The number of terminal acetylenes is 1. The fourth-order valence-electron chi connectivity index (χ4n) is 1.46. The molecule has 0 aromatic heterocycles. The highest BCUT2D eigenvalue weighted by atomic mass is 16.5. The molecule has 0 fully saturated rings. The number of benzene rings is 2. The Morgan fingerprint density at radius 3 is 2.44 bits per heavy atom. The second-order valence-corrected chi connectivity index (χ2v) is 3.44. The average Bonchev–Trinajstić information content (AvgIpc) is 2.31. The number of rotatable bonds is 3. The van der Waals surface area contributed by atoms with Crippen molar-refractivity contribution < 1.29 is 4.74 Å². The molecule has 0 saturated heterocycles. The molecule has 0 amide bonds. The smallest absolute Gasteiger partial charge is 0.127 e. The molecule has 16 heavy (non-hydrogen) atoms. The van der Waals surface area contributed by atoms with E-state index >= 15 is 0 Å². The first kappa shape index (κ1) is 10.3. The number of hydrogen-bond acceptors (Lipinski definition) is 1. The van der Waals surface area contributed by atoms with Crippen molar-refractivity contribution in [3.05, 3.63) is 60.2 Å². The molecular weight excluding hydrogens is 196 g/mol. The van der Waals surface area contributed by atoms with Crippen molar-refractivity contribution in [2.45, 2.75) is 6.42 Å². The number of hydrogen-bond donors (Lipinski definition) is 0. The molecule has 2 aromatic carbocycles. The zero-order chi connectivity index (χ0) is 11.2. The summed E-state index contributed by atoms with van der Waals surface area (Å²) in [4.78, 5) is 0. The van der Waals surface area contributed by atoms with E-state index in [0.29, 0.717) is 6.42 Å². The maximum absolute atomic E-state index is 5.70. The molecular formula is C15H12O. The van der Waals surface area contributed by atoms with Gasteiger partial charge < -0.3 is 4.74 Å². The van der Waals surface area contributed by atoms with E-state index in [1.807, 2.05) is 54.6 Å². The summed E-state index contributed by atoms with van der Waals surface area (Å²) in [5.74, 6) is 4.27. The Bertz CT molecular complexity index is 494. The molecule has 0 aliphatic carbocycles. The van der Waals surface area contributed by atoms with Gasteiger partial charge in [0.15, 0.2) is 0 Å². The van der Waals surface area contributed by atoms with Crippen LogP contribution in [-0.4, -0.2) is 0 Å². The highest BCUT2D eigenvalue weighted by Gasteiger charge is 1.97. The topological polar surface area (TPSA) is 9.23 Å². The maximum Gasteiger partial charge on any atom is 0.127 e. The first-order chi connectivity index (χ1) is 7.88. The predicted octanol–water partition coefficient (Wildman–Crippen LogP) is 3.65. The second-order valence-electron chi connectivity index (χ2n) is 3.44. The Labute approximate surface area is 95.7 Å². The lowest BCUT2D eigenvalue weighted by Crippen LogP contribution is -1.86. The van der Waals surface area contributed by atoms with Gasteiger partial charge in [-0.05, 0) is 29.8 Å². The molecule has 0 bridgehead atoms. The summed E-state index contributed by atoms with van der Waals surface area (Å²) in [5, 5.41) is 0. The van der Waals surface area contributed by atoms with Crippen LogP contribution < -0.4 is 4.74 Å². The van der Waals surface area contributed by atoms with Crippen LogP contribution in [0.4, 0.5) is 0 Å². The number of ether oxygens (including phenoxy) is 1. The van der Waals surface area contributed by atoms with Gasteiger partial charge in [0, 0.05) is 6.42 Å². The van der Waals surface area contributed by atoms with E-state index in [9.17, 15) is 0 Å². The fourth-order valence-corrected chi connectivity index (χ4v) is 1.46. The van der Waals surface area contributed by atoms with Gasteiger partial charge in [-0.15, -0.1) is 12.3 Å². The van der Waals surface area contributed by atoms with E-state index in [-0.39, 0.29) is 0 Å². The van der Waals surface area contributed by atoms with Crippen LogP contribution in [0.25, 0.3) is 0 Å². The van der Waals surface area contributed by atoms with Crippen LogP contribution in [0.15, 0.2) is 54.6 Å². The molecule has 2 rings (SSSR count). The van der Waals surface area contributed by atoms with E-state index in [1.165, 1.54) is 0 Å². The Kier molecular flexibility index (Phi) is 3.25. The van der Waals surface area contributed by atoms with Gasteiger partial charge >= 0.3 is 0 Å². The minimum Gasteiger partial charge on any atom is -0.457 e. The standard InChI is InChI=1S/C15H12O/c1-2-7-13-8-6-11-15(12-13)16-14-9-4-3-5-10-14/h1,3-6,8-12H,7H2. The minimum absolute atomic E-state index is 0.631. The van der Waals surface area contributed by atoms with E-state index in [2.05, 4.69) is 5.92 Å². The molecule has 0 spiro atoms. The highest BCUT2D eigenvalue weighted by molar-refractivity contribution is 5.34. The Balaban J connectivity index is 2.16. The van der Waals surface area contributed by atoms with E-state index < -0.39 is 0 Å². The van der Waals surface area contributed by atoms with Crippen LogP contribution in [0.2, 0.25) is 0 Å². The van der Waals surface area contributed by atoms with Crippen LogP contribution in [0.5, 0.6) is 11.5 Å². The summed E-state index contributed by atoms with van der Waals surface area (Å²) in [5.41, 5.74) is 1.09. The zero-order valence-electron chi connectivity index (χ0n) is 8.89. The first-order valence-corrected chi connectivity index (χ1v) is 5.14. The van der Waals surface area contributed by atoms with Crippen LogP contribution in [0, 0.1) is 12.3 Å². The molecule has 0 unspecified atom stereocenters. The number of para-hydroxylation sites is 1. The summed E-state index contributed by atoms with van der Waals surface area (Å²) >= 11 is 0. The van der Waals surface area contributed by atoms with Gasteiger partial charge in [0.05, 0.1) is 0 Å². The zero-order valence-corrected chi connectivity index (χ0v) is 8.89. The molecule has 0 radical (unpaired) electrons. The van der Waals surface area contributed by atoms with Crippen molar-refractivity contribution in [3.63, 3.8) is 0 Å². The third kappa shape index (κ3) is 2.65. The molecule has 0 aliphatic rings. The molecule has 0 saturated carbocycles. The third-order valence-corrected chi connectivity index (χ3v) is 2.18. The van der Waals surface area contributed by atoms with Crippen LogP contribution in [0.1, 0.15) is 5.56 Å². The first-order valence-electron chi connectivity index (χ1n) is 5.14. The summed E-state index contributed by atoms with van der Waals surface area (Å²) < 4.78 is 5.70. The summed E-state index contributed by atoms with van der Waals surface area (Å²) in [6.07, 6.45) is 5.90. The summed E-state index contributed by atoms with van der Waals surface area (Å²) in [6.45, 7) is 0. The van der Waals surface area contributed by atoms with Crippen molar-refractivity contribution >= 4 is 0 Å². The second kappa shape index (κ2) is 5.04. The molecule has 1 heteroatoms. The molecule has 0 N–H and O–H groups in total. The average molecular weight is 208 g/mol. The summed E-state index contributed by atoms with van der Waals surface area (Å²) in [7, 11) is 0. The predicted molar refractivity (Wildman–Crippen MR) is 65.5 cm³/mol. The van der Waals surface area contributed by atoms with Crippen molar-refractivity contribution in [2.24, 2.45) is 0 Å². The minimum atomic E-state index is 0.631. The van der Waals surface area contributed by atoms with Gasteiger partial charge in [-0.25, -0.2) is 0 Å². The molecule has 0 atom stereocenters. The Hall–Kier alpha value is -2.20. The van der Waals surface area contributed by atoms with Crippen molar-refractivity contribution in [1.82, 2.24) is 0 Å². The molecule has 2 aromatic rings. The largest absolute Gasteiger partial charge is 0.457 e. The highest BCUT2D eigenvalue weighted by Crippen LogP contribution is 2.21. The maximum atomic E-state index is 5.70. The molecule has 78 valence electrons. The molecule has 1 nitrogen and oxygen atoms in total. The van der Waals surface area contributed by atoms with Gasteiger partial charge in [-0.2, -0.15) is 0 Å². The SMILES string of the molecule is C#CCc1cccc(Oc2ccccc2)c1. The van der Waals surface area contributed by atoms with Gasteiger partial charge in [0.2, 0.25) is 0 Å². The van der Waals surface area contributed by atoms with E-state index in [0.717, 1.165) is 17.1 Å². The molecule has 0 aliphatic heterocycles.